The van der Waals surface area contributed by atoms with Crippen molar-refractivity contribution in [1.29, 1.82) is 0 Å². The van der Waals surface area contributed by atoms with Crippen molar-refractivity contribution in [2.45, 2.75) is 242 Å². The van der Waals surface area contributed by atoms with Gasteiger partial charge in [0.05, 0.1) is 6.10 Å². The molecule has 24 heteroatoms. The van der Waals surface area contributed by atoms with Crippen LogP contribution in [0, 0.1) is 41.4 Å². The van der Waals surface area contributed by atoms with Crippen molar-refractivity contribution < 1.29 is 57.8 Å². The number of aliphatic hydroxyl groups excluding tert-OH is 1. The highest BCUT2D eigenvalue weighted by molar-refractivity contribution is 6.00. The van der Waals surface area contributed by atoms with Crippen molar-refractivity contribution in [1.82, 2.24) is 60.5 Å². The van der Waals surface area contributed by atoms with Gasteiger partial charge in [0.15, 0.2) is 0 Å². The molecule has 91 heavy (non-hydrogen) atoms. The number of nitrogens with one attached hydrogen (secondary N) is 4. The summed E-state index contributed by atoms with van der Waals surface area (Å²) in [6, 6.07) is -13.7. The zero-order valence-corrected chi connectivity index (χ0v) is 60.5. The lowest BCUT2D eigenvalue weighted by atomic mass is 9.91. The lowest BCUT2D eigenvalue weighted by Gasteiger charge is -2.41. The number of aliphatic hydroxyl groups is 1. The summed E-state index contributed by atoms with van der Waals surface area (Å²) in [5.74, 6) is -9.70. The van der Waals surface area contributed by atoms with Gasteiger partial charge in [-0.2, -0.15) is 0 Å². The van der Waals surface area contributed by atoms with Crippen LogP contribution in [0.5, 0.6) is 0 Å². The minimum absolute atomic E-state index is 0.0134. The second-order valence-electron chi connectivity index (χ2n) is 28.3. The molecule has 5 N–H and O–H groups in total. The molecule has 0 radical (unpaired) electrons. The van der Waals surface area contributed by atoms with E-state index >= 15 is 28.8 Å². The second kappa shape index (κ2) is 38.1. The zero-order chi connectivity index (χ0) is 70.5. The van der Waals surface area contributed by atoms with E-state index in [1.807, 2.05) is 87.4 Å². The van der Waals surface area contributed by atoms with E-state index in [0.717, 1.165) is 4.90 Å². The molecule has 0 aromatic carbocycles. The maximum absolute atomic E-state index is 15.3. The Morgan fingerprint density at radius 2 is 0.846 bits per heavy atom. The Morgan fingerprint density at radius 1 is 0.451 bits per heavy atom. The summed E-state index contributed by atoms with van der Waals surface area (Å²) in [5.41, 5.74) is 0. The SMILES string of the molecule is C/C=C/C[C@@H](C)[C@@H](O)[C@H]1C(=O)N[C@@H](CC)C(=O)N(C)[C@H](CCCN(C)C)C(=O)N(C)[C@@H](CC(C)C)C(=O)N[C@@H](C(C)C)C(=O)N(C)[C@@H](CC(C)C)C(=O)N[C@@H](C)C(=O)N[C@H](C)C(=O)N(C)[C@@H](CC(C)C)C(=O)N(C)[C@@H](CC(C)C)C(=O)N(C)[C@@H](C(C)C)C(=O)N1C. The van der Waals surface area contributed by atoms with E-state index in [4.69, 9.17) is 0 Å². The third-order valence-corrected chi connectivity index (χ3v) is 17.5. The van der Waals surface area contributed by atoms with Gasteiger partial charge >= 0.3 is 0 Å². The molecule has 0 aromatic rings. The van der Waals surface area contributed by atoms with Gasteiger partial charge in [-0.3, -0.25) is 52.7 Å². The van der Waals surface area contributed by atoms with Gasteiger partial charge < -0.3 is 65.6 Å². The number of carbonyl (C=O) groups is 11. The van der Waals surface area contributed by atoms with Crippen LogP contribution in [0.4, 0.5) is 0 Å². The number of hydrogen-bond donors (Lipinski definition) is 5. The summed E-state index contributed by atoms with van der Waals surface area (Å²) in [4.78, 5) is 174. The number of amides is 11. The van der Waals surface area contributed by atoms with Gasteiger partial charge in [-0.05, 0) is 134 Å². The standard InChI is InChI=1S/C67H122N12O12/c1-27-29-31-44(15)56(80)55-60(84)70-47(28-2)62(86)73(20)48(32-30-33-72(18)19)63(87)74(21)50(35-39(5)6)59(83)71-53(42(11)12)66(90)75(22)49(34-38(3)4)58(82)68-45(16)57(81)69-46(17)61(85)76(23)51(36-40(7)8)64(88)77(24)52(37-41(9)10)65(89)78(25)54(43(13)14)67(91)79(55)26/h27,29,38-56,80H,28,30-37H2,1-26H3,(H,68,82)(H,69,81)(H,70,84)(H,71,83)/b29-27+/t44-,45+,46-,47+,48-,49+,50+,51+,52+,53+,54+,55+,56-/m1/s1. The van der Waals surface area contributed by atoms with Crippen molar-refractivity contribution in [3.63, 3.8) is 0 Å². The van der Waals surface area contributed by atoms with Crippen LogP contribution in [0.3, 0.4) is 0 Å². The minimum Gasteiger partial charge on any atom is -0.390 e. The topological polar surface area (TPSA) is 282 Å². The zero-order valence-electron chi connectivity index (χ0n) is 60.5. The Balaban J connectivity index is 4.52. The molecule has 522 valence electrons. The lowest BCUT2D eigenvalue weighted by Crippen LogP contribution is -2.64. The van der Waals surface area contributed by atoms with Crippen molar-refractivity contribution in [3.05, 3.63) is 12.2 Å². The summed E-state index contributed by atoms with van der Waals surface area (Å²) in [6.07, 6.45) is 3.58. The highest BCUT2D eigenvalue weighted by Gasteiger charge is 2.46. The highest BCUT2D eigenvalue weighted by atomic mass is 16.3. The molecule has 0 spiro atoms. The molecule has 0 bridgehead atoms. The molecule has 1 aliphatic rings. The first-order chi connectivity index (χ1) is 42.0. The summed E-state index contributed by atoms with van der Waals surface area (Å²) in [7, 11) is 13.8. The van der Waals surface area contributed by atoms with Crippen LogP contribution in [-0.2, 0) is 52.7 Å². The van der Waals surface area contributed by atoms with Gasteiger partial charge in [-0.15, -0.1) is 0 Å². The molecule has 0 aromatic heterocycles. The molecule has 1 aliphatic heterocycles. The van der Waals surface area contributed by atoms with Crippen LogP contribution < -0.4 is 21.3 Å². The molecule has 0 saturated carbocycles. The number of rotatable bonds is 19. The van der Waals surface area contributed by atoms with Crippen molar-refractivity contribution in [2.75, 3.05) is 70.0 Å². The van der Waals surface area contributed by atoms with Gasteiger partial charge in [0.25, 0.3) is 0 Å². The smallest absolute Gasteiger partial charge is 0.246 e. The van der Waals surface area contributed by atoms with Crippen LogP contribution in [0.15, 0.2) is 12.2 Å². The van der Waals surface area contributed by atoms with E-state index in [0.29, 0.717) is 19.4 Å². The fourth-order valence-corrected chi connectivity index (χ4v) is 11.7. The quantitative estimate of drug-likeness (QED) is 0.115. The van der Waals surface area contributed by atoms with E-state index in [1.54, 1.807) is 47.6 Å². The van der Waals surface area contributed by atoms with Crippen molar-refractivity contribution in [2.24, 2.45) is 41.4 Å². The predicted octanol–water partition coefficient (Wildman–Crippen LogP) is 3.98. The number of nitrogens with zero attached hydrogens (tertiary/aromatic N) is 8. The molecule has 0 unspecified atom stereocenters. The molecule has 0 aliphatic carbocycles. The van der Waals surface area contributed by atoms with Crippen LogP contribution in [0.2, 0.25) is 0 Å². The number of hydrogen-bond acceptors (Lipinski definition) is 13. The van der Waals surface area contributed by atoms with Gasteiger partial charge in [0.2, 0.25) is 65.0 Å². The summed E-state index contributed by atoms with van der Waals surface area (Å²) < 4.78 is 0. The van der Waals surface area contributed by atoms with Crippen LogP contribution in [-0.4, -0.2) is 252 Å². The van der Waals surface area contributed by atoms with Gasteiger partial charge in [0, 0.05) is 49.3 Å². The number of allylic oxidation sites excluding steroid dienone is 2. The lowest BCUT2D eigenvalue weighted by molar-refractivity contribution is -0.157. The van der Waals surface area contributed by atoms with E-state index in [1.165, 1.54) is 92.6 Å². The number of likely N-dealkylation sites (N-methyl/N-ethyl adjacent to an activating group) is 7. The van der Waals surface area contributed by atoms with Crippen molar-refractivity contribution in [3.8, 4) is 0 Å². The first-order valence-electron chi connectivity index (χ1n) is 33.1. The summed E-state index contributed by atoms with van der Waals surface area (Å²) >= 11 is 0. The van der Waals surface area contributed by atoms with E-state index in [-0.39, 0.29) is 62.2 Å². The van der Waals surface area contributed by atoms with Crippen molar-refractivity contribution >= 4 is 65.0 Å². The third-order valence-electron chi connectivity index (χ3n) is 17.5. The largest absolute Gasteiger partial charge is 0.390 e. The third kappa shape index (κ3) is 23.7. The summed E-state index contributed by atoms with van der Waals surface area (Å²) in [5, 5.41) is 23.4. The van der Waals surface area contributed by atoms with E-state index < -0.39 is 155 Å². The molecule has 11 amide bonds. The Hall–Kier alpha value is -6.17. The number of carbonyl (C=O) groups excluding carboxylic acids is 11. The van der Waals surface area contributed by atoms with Gasteiger partial charge in [-0.1, -0.05) is 109 Å². The monoisotopic (exact) mass is 1290 g/mol. The first-order valence-corrected chi connectivity index (χ1v) is 33.1. The fraction of sp³-hybridized carbons (Fsp3) is 0.806. The molecule has 1 saturated heterocycles. The molecule has 13 atom stereocenters. The Bertz CT molecular complexity index is 2470. The normalized spacial score (nSPS) is 26.8. The maximum atomic E-state index is 15.3. The molecule has 1 rings (SSSR count). The van der Waals surface area contributed by atoms with E-state index in [9.17, 15) is 29.1 Å². The molecule has 1 fully saturated rings. The van der Waals surface area contributed by atoms with Crippen LogP contribution in [0.25, 0.3) is 0 Å². The van der Waals surface area contributed by atoms with Crippen LogP contribution in [0.1, 0.15) is 169 Å². The molecular weight excluding hydrogens is 1160 g/mol. The maximum Gasteiger partial charge on any atom is 0.246 e. The molecule has 24 nitrogen and oxygen atoms in total. The Morgan fingerprint density at radius 3 is 1.29 bits per heavy atom. The first kappa shape index (κ1) is 82.8. The fourth-order valence-electron chi connectivity index (χ4n) is 11.7. The summed E-state index contributed by atoms with van der Waals surface area (Å²) in [6.45, 7) is 30.6. The second-order valence-corrected chi connectivity index (χ2v) is 28.3. The van der Waals surface area contributed by atoms with E-state index in [2.05, 4.69) is 21.3 Å². The predicted molar refractivity (Wildman–Crippen MR) is 355 cm³/mol. The van der Waals surface area contributed by atoms with Crippen LogP contribution >= 0.6 is 0 Å². The Labute approximate surface area is 546 Å². The Kier molecular flexibility index (Phi) is 34.7. The highest BCUT2D eigenvalue weighted by Crippen LogP contribution is 2.26. The average molecular weight is 1290 g/mol. The molecular formula is C67H122N12O12. The minimum atomic E-state index is -1.63. The average Bonchev–Trinajstić information content (AvgIpc) is 0.906. The molecule has 1 heterocycles. The van der Waals surface area contributed by atoms with Gasteiger partial charge in [0.1, 0.15) is 66.5 Å². The van der Waals surface area contributed by atoms with Gasteiger partial charge in [-0.25, -0.2) is 0 Å².